The van der Waals surface area contributed by atoms with Crippen LogP contribution in [-0.4, -0.2) is 0 Å². The minimum atomic E-state index is -0.652. The van der Waals surface area contributed by atoms with Gasteiger partial charge in [-0.05, 0) is 106 Å². The Morgan fingerprint density at radius 2 is 1.55 bits per heavy atom. The smallest absolute Gasteiger partial charge is 0.162 e. The molecule has 0 atom stereocenters. The molecule has 0 aliphatic heterocycles. The van der Waals surface area contributed by atoms with E-state index in [4.69, 9.17) is 6.42 Å². The molecule has 31 heavy (non-hydrogen) atoms. The molecule has 2 aliphatic carbocycles. The molecule has 1 radical (unpaired) electrons. The molecule has 173 valence electrons. The molecule has 2 saturated carbocycles. The monoisotopic (exact) mass is 506 g/mol. The fourth-order valence-electron chi connectivity index (χ4n) is 5.32. The molecule has 0 N–H and O–H groups in total. The zero-order valence-electron chi connectivity index (χ0n) is 19.7. The zero-order chi connectivity index (χ0) is 21.9. The predicted octanol–water partition coefficient (Wildman–Crippen LogP) is 9.19. The number of benzene rings is 1. The summed E-state index contributed by atoms with van der Waals surface area (Å²) in [7, 11) is 0. The van der Waals surface area contributed by atoms with E-state index >= 15 is 0 Å². The van der Waals surface area contributed by atoms with Crippen LogP contribution in [0.15, 0.2) is 24.3 Å². The summed E-state index contributed by atoms with van der Waals surface area (Å²) in [5.41, 5.74) is 1.02. The van der Waals surface area contributed by atoms with Crippen LogP contribution < -0.4 is 0 Å². The van der Waals surface area contributed by atoms with Gasteiger partial charge in [0.25, 0.3) is 0 Å². The summed E-state index contributed by atoms with van der Waals surface area (Å²) in [6.45, 7) is 5.62. The van der Waals surface area contributed by atoms with Crippen LogP contribution in [0, 0.1) is 48.7 Å². The van der Waals surface area contributed by atoms with E-state index in [-0.39, 0.29) is 41.5 Å². The van der Waals surface area contributed by atoms with Crippen molar-refractivity contribution in [3.05, 3.63) is 53.5 Å². The Bertz CT molecular complexity index is 713. The molecule has 2 aliphatic rings. The van der Waals surface area contributed by atoms with Gasteiger partial charge in [0.05, 0.1) is 0 Å². The van der Waals surface area contributed by atoms with E-state index in [1.54, 1.807) is 13.0 Å². The first-order chi connectivity index (χ1) is 14.5. The van der Waals surface area contributed by atoms with Gasteiger partial charge in [-0.25, -0.2) is 8.78 Å². The Labute approximate surface area is 217 Å². The molecule has 0 amide bonds. The second-order valence-electron chi connectivity index (χ2n) is 9.17. The van der Waals surface area contributed by atoms with Crippen LogP contribution >= 0.6 is 0 Å². The quantitative estimate of drug-likeness (QED) is 0.212. The summed E-state index contributed by atoms with van der Waals surface area (Å²) in [5, 5.41) is 0. The Morgan fingerprint density at radius 3 is 2.06 bits per heavy atom. The largest absolute Gasteiger partial charge is 0.694 e. The number of allylic oxidation sites excluding steroid dienone is 2. The van der Waals surface area contributed by atoms with Crippen molar-refractivity contribution in [2.24, 2.45) is 17.8 Å². The van der Waals surface area contributed by atoms with Crippen molar-refractivity contribution < 1.29 is 44.3 Å². The van der Waals surface area contributed by atoms with E-state index < -0.39 is 11.6 Å². The third-order valence-electron chi connectivity index (χ3n) is 7.23. The van der Waals surface area contributed by atoms with Crippen molar-refractivity contribution in [1.29, 1.82) is 0 Å². The molecule has 0 heterocycles. The van der Waals surface area contributed by atoms with E-state index in [1.165, 1.54) is 51.4 Å². The molecule has 1 aromatic rings. The Balaban J connectivity index is 0. The van der Waals surface area contributed by atoms with Gasteiger partial charge in [-0.2, -0.15) is 0 Å². The van der Waals surface area contributed by atoms with Gasteiger partial charge in [0.15, 0.2) is 11.6 Å². The second kappa shape index (κ2) is 15.3. The summed E-state index contributed by atoms with van der Waals surface area (Å²) >= 11 is 0. The van der Waals surface area contributed by atoms with Crippen LogP contribution in [0.4, 0.5) is 8.78 Å². The summed E-state index contributed by atoms with van der Waals surface area (Å²) in [5.74, 6) is 3.73. The minimum absolute atomic E-state index is 0. The van der Waals surface area contributed by atoms with Gasteiger partial charge in [-0.15, -0.1) is 0 Å². The molecule has 3 heteroatoms. The van der Waals surface area contributed by atoms with Crippen LogP contribution in [0.3, 0.4) is 0 Å². The first-order valence-corrected chi connectivity index (χ1v) is 12.0. The van der Waals surface area contributed by atoms with E-state index in [2.05, 4.69) is 25.0 Å². The average Bonchev–Trinajstić information content (AvgIpc) is 2.79. The Morgan fingerprint density at radius 1 is 1.00 bits per heavy atom. The zero-order valence-corrected chi connectivity index (χ0v) is 22.6. The molecular weight excluding hydrogens is 463 g/mol. The number of hydrogen-bond acceptors (Lipinski definition) is 0. The molecule has 3 rings (SSSR count). The topological polar surface area (TPSA) is 0 Å². The van der Waals surface area contributed by atoms with Crippen LogP contribution in [0.1, 0.15) is 104 Å². The molecule has 0 bridgehead atoms. The number of halogens is 2. The maximum absolute atomic E-state index is 14.3. The summed E-state index contributed by atoms with van der Waals surface area (Å²) < 4.78 is 28.2. The number of hydrogen-bond donors (Lipinski definition) is 0. The molecule has 1 aromatic carbocycles. The van der Waals surface area contributed by atoms with Crippen LogP contribution in [0.2, 0.25) is 0 Å². The van der Waals surface area contributed by atoms with Gasteiger partial charge >= 0.3 is 0 Å². The molecular formula is C28H43F2Y-. The third-order valence-corrected chi connectivity index (χ3v) is 7.23. The average molecular weight is 507 g/mol. The van der Waals surface area contributed by atoms with Crippen molar-refractivity contribution in [2.75, 3.05) is 0 Å². The minimum Gasteiger partial charge on any atom is -0.694 e. The molecule has 0 saturated heterocycles. The van der Waals surface area contributed by atoms with Gasteiger partial charge in [0.2, 0.25) is 0 Å². The Kier molecular flexibility index (Phi) is 14.1. The van der Waals surface area contributed by atoms with Crippen molar-refractivity contribution in [2.45, 2.75) is 97.3 Å². The van der Waals surface area contributed by atoms with Gasteiger partial charge in [-0.3, -0.25) is 0 Å². The van der Waals surface area contributed by atoms with E-state index in [0.29, 0.717) is 11.1 Å². The molecule has 0 spiro atoms. The molecule has 0 aromatic heterocycles. The van der Waals surface area contributed by atoms with Crippen molar-refractivity contribution in [3.8, 4) is 5.92 Å². The summed E-state index contributed by atoms with van der Waals surface area (Å²) in [4.78, 5) is 0. The normalized spacial score (nSPS) is 25.8. The number of rotatable bonds is 5. The van der Waals surface area contributed by atoms with E-state index in [1.807, 2.05) is 13.0 Å². The SMILES string of the molecule is C/C=C/CCC1CCC(C2CCC(c3ccc(C)c(F)c3F)CC2)CC1.[C-]#CCC.[HH].[HH].[Y]. The van der Waals surface area contributed by atoms with Crippen molar-refractivity contribution >= 4 is 0 Å². The summed E-state index contributed by atoms with van der Waals surface area (Å²) in [6, 6.07) is 3.55. The molecule has 0 nitrogen and oxygen atoms in total. The van der Waals surface area contributed by atoms with Crippen LogP contribution in [-0.2, 0) is 32.7 Å². The van der Waals surface area contributed by atoms with Crippen molar-refractivity contribution in [3.63, 3.8) is 0 Å². The fourth-order valence-corrected chi connectivity index (χ4v) is 5.32. The van der Waals surface area contributed by atoms with Crippen molar-refractivity contribution in [1.82, 2.24) is 0 Å². The first kappa shape index (κ1) is 28.5. The van der Waals surface area contributed by atoms with Gasteiger partial charge < -0.3 is 12.3 Å². The standard InChI is InChI=1S/C24H34F2.C4H5.Y.2H2/c1-3-4-5-6-18-8-10-19(11-9-18)20-12-14-21(15-13-20)22-16-7-17(2)23(25)24(22)26;1-3-4-2;;;/h3-4,7,16,18-21H,5-6,8-15H2,1-2H3;3H2,1H3;;2*1H/q;-1;;;/b4-3+;;;;. The molecule has 2 fully saturated rings. The maximum atomic E-state index is 14.3. The van der Waals surface area contributed by atoms with Gasteiger partial charge in [0, 0.05) is 35.6 Å². The number of aryl methyl sites for hydroxylation is 1. The van der Waals surface area contributed by atoms with Gasteiger partial charge in [-0.1, -0.05) is 44.1 Å². The van der Waals surface area contributed by atoms with Gasteiger partial charge in [0.1, 0.15) is 0 Å². The van der Waals surface area contributed by atoms with E-state index in [0.717, 1.165) is 37.0 Å². The second-order valence-corrected chi connectivity index (χ2v) is 9.17. The summed E-state index contributed by atoms with van der Waals surface area (Å²) in [6.07, 6.45) is 23.9. The van der Waals surface area contributed by atoms with Crippen LogP contribution in [0.25, 0.3) is 0 Å². The first-order valence-electron chi connectivity index (χ1n) is 12.0. The maximum Gasteiger partial charge on any atom is 0.162 e. The molecule has 0 unspecified atom stereocenters. The third kappa shape index (κ3) is 8.74. The fraction of sp³-hybridized carbons (Fsp3) is 0.643. The predicted molar refractivity (Wildman–Crippen MR) is 127 cm³/mol. The Hall–Kier alpha value is -0.516. The van der Waals surface area contributed by atoms with Crippen LogP contribution in [0.5, 0.6) is 0 Å². The van der Waals surface area contributed by atoms with E-state index in [9.17, 15) is 8.78 Å².